The van der Waals surface area contributed by atoms with Crippen LogP contribution in [0.15, 0.2) is 118 Å². The molecule has 3 aliphatic rings. The molecule has 112 heavy (non-hydrogen) atoms. The molecule has 0 unspecified atom stereocenters. The summed E-state index contributed by atoms with van der Waals surface area (Å²) in [7, 11) is 1.71. The van der Waals surface area contributed by atoms with Gasteiger partial charge in [0.1, 0.15) is 59.6 Å². The molecular formula is C81H112N12O17S2. The van der Waals surface area contributed by atoms with Crippen molar-refractivity contribution >= 4 is 109 Å². The van der Waals surface area contributed by atoms with Crippen molar-refractivity contribution in [2.75, 3.05) is 24.6 Å². The number of carbonyl (C=O) groups excluding carboxylic acids is 10. The van der Waals surface area contributed by atoms with Crippen LogP contribution in [0.1, 0.15) is 163 Å². The first-order valence-electron chi connectivity index (χ1n) is 38.3. The number of Topliss-reactive ketones (excluding diaryl/α,β-unsaturated/α-hetero) is 2. The van der Waals surface area contributed by atoms with Gasteiger partial charge in [-0.1, -0.05) is 138 Å². The predicted octanol–water partition coefficient (Wildman–Crippen LogP) is 6.07. The number of carboxylic acids is 1. The van der Waals surface area contributed by atoms with Gasteiger partial charge in [0.05, 0.1) is 29.4 Å². The molecule has 0 saturated carbocycles. The van der Waals surface area contributed by atoms with Crippen LogP contribution < -0.4 is 48.3 Å². The number of benzene rings is 3. The summed E-state index contributed by atoms with van der Waals surface area (Å²) >= 11 is 0. The van der Waals surface area contributed by atoms with Gasteiger partial charge in [-0.15, -0.1) is 0 Å². The number of aliphatic imine (C=N–C) groups is 2. The van der Waals surface area contributed by atoms with Crippen LogP contribution >= 0.6 is 21.6 Å². The molecule has 3 aromatic carbocycles. The summed E-state index contributed by atoms with van der Waals surface area (Å²) in [6.07, 6.45) is 0.609. The Morgan fingerprint density at radius 2 is 1.12 bits per heavy atom. The average molecular weight is 1590 g/mol. The quantitative estimate of drug-likeness (QED) is 0.0154. The van der Waals surface area contributed by atoms with Gasteiger partial charge in [0.15, 0.2) is 17.6 Å². The number of aliphatic hydroxyl groups excluding tert-OH is 4. The lowest BCUT2D eigenvalue weighted by Crippen LogP contribution is -2.62. The average Bonchev–Trinajstić information content (AvgIpc) is 0.947. The topological polar surface area (TPSA) is 472 Å². The summed E-state index contributed by atoms with van der Waals surface area (Å²) in [6, 6.07) is 6.98. The van der Waals surface area contributed by atoms with Gasteiger partial charge in [-0.05, 0) is 123 Å². The van der Waals surface area contributed by atoms with Crippen molar-refractivity contribution in [1.82, 2.24) is 47.5 Å². The number of nitrogens with two attached hydrogens (primary N) is 1. The Balaban J connectivity index is 1.25. The lowest BCUT2D eigenvalue weighted by molar-refractivity contribution is -0.145. The highest BCUT2D eigenvalue weighted by atomic mass is 33.1. The smallest absolute Gasteiger partial charge is 0.328 e. The van der Waals surface area contributed by atoms with Gasteiger partial charge in [-0.2, -0.15) is 0 Å². The van der Waals surface area contributed by atoms with Gasteiger partial charge in [0, 0.05) is 98.1 Å². The van der Waals surface area contributed by atoms with Crippen LogP contribution in [0.5, 0.6) is 5.75 Å². The zero-order valence-corrected chi connectivity index (χ0v) is 67.1. The van der Waals surface area contributed by atoms with Gasteiger partial charge < -0.3 is 83.9 Å². The van der Waals surface area contributed by atoms with Crippen LogP contribution in [0.4, 0.5) is 0 Å². The molecule has 4 aromatic rings. The second kappa shape index (κ2) is 41.9. The molecule has 31 heteroatoms. The highest BCUT2D eigenvalue weighted by Gasteiger charge is 2.41. The van der Waals surface area contributed by atoms with E-state index in [1.165, 1.54) is 31.2 Å². The van der Waals surface area contributed by atoms with Gasteiger partial charge in [-0.25, -0.2) is 4.79 Å². The van der Waals surface area contributed by atoms with Crippen molar-refractivity contribution in [3.05, 3.63) is 124 Å². The molecule has 29 nitrogen and oxygen atoms in total. The molecule has 1 aliphatic heterocycles. The minimum absolute atomic E-state index is 0.0121. The summed E-state index contributed by atoms with van der Waals surface area (Å²) < 4.78 is 0. The van der Waals surface area contributed by atoms with E-state index in [0.29, 0.717) is 71.1 Å². The SMILES string of the molecule is CC(C)CC(=NCCCC[C@@H]1NC(=O)[C@H](Cc2c[nH]c3ccccc23)NC(=O)[C@H](Cc2ccc(O)cc2)NC(=O)[C@@H](NC(=O)[C@@H](Cc2ccccc2)NC(=O)[C@@H](N)CCCCN=C(CC(C)C)C2=C(O)CC(C)(C)CC2=O)CSSC[C@@H](C(=O)N[C@H](C(=O)O)[C@@H](C)O)NC(=O)[C@@H]([C@@H](C)O)NC1=O)C1=C(O)CC(C)(C)CC1=O. The van der Waals surface area contributed by atoms with Crippen LogP contribution in [0.2, 0.25) is 0 Å². The Labute approximate surface area is 661 Å². The van der Waals surface area contributed by atoms with Crippen molar-refractivity contribution in [3.63, 3.8) is 0 Å². The molecule has 17 N–H and O–H groups in total. The second-order valence-electron chi connectivity index (χ2n) is 31.8. The molecule has 8 amide bonds. The van der Waals surface area contributed by atoms with Crippen LogP contribution in [-0.2, 0) is 72.0 Å². The number of H-pyrrole nitrogens is 1. The number of hydrogen-bond donors (Lipinski definition) is 16. The lowest BCUT2D eigenvalue weighted by atomic mass is 9.75. The minimum Gasteiger partial charge on any atom is -0.511 e. The van der Waals surface area contributed by atoms with E-state index in [9.17, 15) is 64.2 Å². The van der Waals surface area contributed by atoms with E-state index in [4.69, 9.17) is 15.7 Å². The molecule has 0 spiro atoms. The Hall–Kier alpha value is -9.43. The van der Waals surface area contributed by atoms with Gasteiger partial charge >= 0.3 is 5.97 Å². The van der Waals surface area contributed by atoms with Crippen molar-refractivity contribution < 1.29 is 83.4 Å². The number of phenolic OH excluding ortho intramolecular Hbond substituents is 1. The largest absolute Gasteiger partial charge is 0.511 e. The number of unbranched alkanes of at least 4 members (excludes halogenated alkanes) is 2. The summed E-state index contributed by atoms with van der Waals surface area (Å²) in [5, 5.41) is 86.3. The first-order chi connectivity index (χ1) is 52.9. The van der Waals surface area contributed by atoms with Crippen molar-refractivity contribution in [3.8, 4) is 5.75 Å². The van der Waals surface area contributed by atoms with E-state index < -0.39 is 142 Å². The highest BCUT2D eigenvalue weighted by Crippen LogP contribution is 2.39. The molecular weight excluding hydrogens is 1480 g/mol. The molecule has 11 atom stereocenters. The predicted molar refractivity (Wildman–Crippen MR) is 430 cm³/mol. The Bertz CT molecular complexity index is 4130. The number of aromatic nitrogens is 1. The molecule has 1 aromatic heterocycles. The van der Waals surface area contributed by atoms with Crippen LogP contribution in [0.25, 0.3) is 10.9 Å². The Morgan fingerprint density at radius 1 is 0.589 bits per heavy atom. The molecule has 7 rings (SSSR count). The number of carboxylic acid groups (broad SMARTS) is 1. The molecule has 1 fully saturated rings. The molecule has 0 bridgehead atoms. The van der Waals surface area contributed by atoms with Gasteiger partial charge in [0.2, 0.25) is 47.3 Å². The number of amides is 8. The number of fused-ring (bicyclic) bond motifs is 1. The third-order valence-electron chi connectivity index (χ3n) is 19.5. The summed E-state index contributed by atoms with van der Waals surface area (Å²) in [6.45, 7) is 18.1. The van der Waals surface area contributed by atoms with Crippen LogP contribution in [0, 0.1) is 22.7 Å². The number of hydrogen-bond acceptors (Lipinski definition) is 21. The van der Waals surface area contributed by atoms with Gasteiger partial charge in [-0.3, -0.25) is 57.9 Å². The first kappa shape index (κ1) is 89.8. The van der Waals surface area contributed by atoms with Crippen molar-refractivity contribution in [1.29, 1.82) is 0 Å². The maximum Gasteiger partial charge on any atom is 0.328 e. The standard InChI is InChI=1S/C81H112N12O17S2/c1-44(2)32-56(67-63(97)37-80(7,8)38-64(67)98)83-30-18-16-23-53(82)71(101)87-58(34-48-20-12-11-13-21-48)74(104)90-61-42-111-112-43-62(77(107)93-70(47(6)95)79(109)110)91-78(108)69(46(5)94)92-72(102)55(25-17-19-31-84-57(33-45(3)4)68-65(99)39-81(9,10)40-66(68)100)86-75(105)60(36-50-41-85-54-24-15-14-22-52(50)54)89-73(103)59(88-76(61)106)35-49-26-28-51(96)29-27-49/h11-15,20-22,24,26-29,41,44-47,53,55,58-62,69-70,85,94-97,99H,16-19,23,25,30-40,42-43,82H2,1-10H3,(H,86,105)(H,87,101)(H,88,106)(H,89,103)(H,90,104)(H,91,108)(H,92,102)(H,93,107)(H,109,110)/t46-,47-,53+,55+,58-,59+,60+,61+,62+,69-,70+/m1/s1. The number of aromatic hydroxyl groups is 1. The molecule has 1 saturated heterocycles. The van der Waals surface area contributed by atoms with E-state index in [0.717, 1.165) is 28.5 Å². The highest BCUT2D eigenvalue weighted by molar-refractivity contribution is 8.76. The van der Waals surface area contributed by atoms with E-state index in [1.807, 2.05) is 55.4 Å². The zero-order chi connectivity index (χ0) is 82.3. The monoisotopic (exact) mass is 1590 g/mol. The fourth-order valence-corrected chi connectivity index (χ4v) is 16.0. The molecule has 0 radical (unpaired) electrons. The Kier molecular flexibility index (Phi) is 33.6. The number of nitrogens with zero attached hydrogens (tertiary/aromatic N) is 2. The normalized spacial score (nSPS) is 22.2. The number of aliphatic hydroxyl groups is 4. The number of aromatic amines is 1. The third kappa shape index (κ3) is 27.2. The summed E-state index contributed by atoms with van der Waals surface area (Å²) in [5.74, 6) is -10.7. The van der Waals surface area contributed by atoms with Crippen LogP contribution in [-0.4, -0.2) is 203 Å². The second-order valence-corrected chi connectivity index (χ2v) is 34.4. The fraction of sp³-hybridized carbons (Fsp3) is 0.543. The number of rotatable bonds is 31. The van der Waals surface area contributed by atoms with Gasteiger partial charge in [0.25, 0.3) is 0 Å². The Morgan fingerprint density at radius 3 is 1.69 bits per heavy atom. The summed E-state index contributed by atoms with van der Waals surface area (Å²) in [5.41, 5.74) is 9.23. The number of ketones is 2. The minimum atomic E-state index is -1.91. The third-order valence-corrected chi connectivity index (χ3v) is 21.9. The number of nitrogens with one attached hydrogen (secondary N) is 9. The maximum atomic E-state index is 15.4. The zero-order valence-electron chi connectivity index (χ0n) is 65.5. The lowest BCUT2D eigenvalue weighted by Gasteiger charge is -2.30. The fourth-order valence-electron chi connectivity index (χ4n) is 13.7. The maximum absolute atomic E-state index is 15.4. The van der Waals surface area contributed by atoms with Crippen LogP contribution in [0.3, 0.4) is 0 Å². The number of allylic oxidation sites excluding steroid dienone is 4. The number of carbonyl (C=O) groups is 11. The molecule has 2 heterocycles. The van der Waals surface area contributed by atoms with Crippen molar-refractivity contribution in [2.24, 2.45) is 38.4 Å². The summed E-state index contributed by atoms with van der Waals surface area (Å²) in [4.78, 5) is 172. The van der Waals surface area contributed by atoms with E-state index in [-0.39, 0.29) is 129 Å². The number of phenols is 1. The molecule has 2 aliphatic carbocycles. The van der Waals surface area contributed by atoms with E-state index in [2.05, 4.69) is 47.5 Å². The first-order valence-corrected chi connectivity index (χ1v) is 40.7. The van der Waals surface area contributed by atoms with E-state index in [1.54, 1.807) is 60.8 Å². The molecule has 610 valence electrons. The number of aliphatic carboxylic acids is 1. The van der Waals surface area contributed by atoms with Crippen molar-refractivity contribution in [2.45, 2.75) is 232 Å². The number of para-hydroxylation sites is 1. The van der Waals surface area contributed by atoms with E-state index >= 15 is 19.2 Å².